The summed E-state index contributed by atoms with van der Waals surface area (Å²) in [7, 11) is 0. The summed E-state index contributed by atoms with van der Waals surface area (Å²) in [5, 5.41) is 21.6. The van der Waals surface area contributed by atoms with Gasteiger partial charge in [0.1, 0.15) is 11.6 Å². The van der Waals surface area contributed by atoms with Crippen molar-refractivity contribution in [3.05, 3.63) is 41.3 Å². The molecule has 0 spiro atoms. The van der Waals surface area contributed by atoms with Crippen molar-refractivity contribution in [2.75, 3.05) is 13.1 Å². The van der Waals surface area contributed by atoms with Crippen molar-refractivity contribution in [1.29, 1.82) is 0 Å². The summed E-state index contributed by atoms with van der Waals surface area (Å²) in [6, 6.07) is 6.54. The Bertz CT molecular complexity index is 1070. The smallest absolute Gasteiger partial charge is 0.156 e. The molecule has 1 saturated heterocycles. The lowest BCUT2D eigenvalue weighted by Gasteiger charge is -2.46. The number of nitrogens with one attached hydrogen (secondary N) is 2. The number of phenolic OH excluding ortho intramolecular Hbond substituents is 1. The number of aromatic nitrogens is 3. The zero-order chi connectivity index (χ0) is 21.6. The van der Waals surface area contributed by atoms with E-state index in [4.69, 9.17) is 0 Å². The van der Waals surface area contributed by atoms with Crippen LogP contribution in [0.2, 0.25) is 0 Å². The quantitative estimate of drug-likeness (QED) is 0.605. The minimum atomic E-state index is -0.493. The fraction of sp³-hybridized carbons (Fsp3) is 0.478. The summed E-state index contributed by atoms with van der Waals surface area (Å²) in [6.07, 6.45) is 0. The van der Waals surface area contributed by atoms with Gasteiger partial charge in [-0.1, -0.05) is 13.8 Å². The van der Waals surface area contributed by atoms with E-state index in [1.807, 2.05) is 13.0 Å². The van der Waals surface area contributed by atoms with Crippen LogP contribution in [0.4, 0.5) is 4.39 Å². The molecule has 0 saturated carbocycles. The molecule has 4 rings (SSSR count). The van der Waals surface area contributed by atoms with Crippen LogP contribution in [-0.4, -0.2) is 49.9 Å². The highest BCUT2D eigenvalue weighted by Gasteiger charge is 2.34. The maximum absolute atomic E-state index is 14.6. The molecule has 160 valence electrons. The Kier molecular flexibility index (Phi) is 5.28. The van der Waals surface area contributed by atoms with Crippen LogP contribution in [0.25, 0.3) is 22.3 Å². The number of hydrogen-bond acceptors (Lipinski definition) is 5. The normalized spacial score (nSPS) is 19.6. The number of aromatic hydroxyl groups is 1. The van der Waals surface area contributed by atoms with Gasteiger partial charge in [-0.3, -0.25) is 10.00 Å². The van der Waals surface area contributed by atoms with Crippen LogP contribution in [0.5, 0.6) is 5.75 Å². The van der Waals surface area contributed by atoms with Crippen LogP contribution < -0.4 is 5.32 Å². The number of halogens is 1. The molecule has 6 nitrogen and oxygen atoms in total. The molecule has 30 heavy (non-hydrogen) atoms. The highest BCUT2D eigenvalue weighted by molar-refractivity contribution is 5.84. The molecule has 3 N–H and O–H groups in total. The van der Waals surface area contributed by atoms with Crippen molar-refractivity contribution in [1.82, 2.24) is 25.4 Å². The van der Waals surface area contributed by atoms with E-state index in [1.165, 1.54) is 6.07 Å². The van der Waals surface area contributed by atoms with E-state index < -0.39 is 5.82 Å². The number of hydrogen-bond donors (Lipinski definition) is 3. The van der Waals surface area contributed by atoms with Crippen LogP contribution in [0.15, 0.2) is 24.3 Å². The zero-order valence-corrected chi connectivity index (χ0v) is 18.3. The number of H-pyrrole nitrogens is 1. The van der Waals surface area contributed by atoms with Gasteiger partial charge in [0.05, 0.1) is 11.4 Å². The molecule has 1 aliphatic rings. The number of piperazine rings is 1. The van der Waals surface area contributed by atoms with Gasteiger partial charge < -0.3 is 10.4 Å². The number of fused-ring (bicyclic) bond motifs is 1. The topological polar surface area (TPSA) is 77.1 Å². The first kappa shape index (κ1) is 20.8. The van der Waals surface area contributed by atoms with E-state index in [0.29, 0.717) is 28.9 Å². The predicted octanol–water partition coefficient (Wildman–Crippen LogP) is 3.99. The van der Waals surface area contributed by atoms with E-state index in [1.54, 1.807) is 6.07 Å². The van der Waals surface area contributed by atoms with Gasteiger partial charge in [-0.05, 0) is 50.5 Å². The van der Waals surface area contributed by atoms with Gasteiger partial charge in [-0.2, -0.15) is 5.10 Å². The molecular weight excluding hydrogens is 381 g/mol. The van der Waals surface area contributed by atoms with E-state index >= 15 is 0 Å². The first-order valence-corrected chi connectivity index (χ1v) is 10.5. The van der Waals surface area contributed by atoms with Crippen LogP contribution in [-0.2, 0) is 6.54 Å². The molecule has 1 aliphatic heterocycles. The number of pyridine rings is 1. The summed E-state index contributed by atoms with van der Waals surface area (Å²) >= 11 is 0. The van der Waals surface area contributed by atoms with Crippen molar-refractivity contribution < 1.29 is 9.50 Å². The molecule has 2 aromatic heterocycles. The number of benzene rings is 1. The Morgan fingerprint density at radius 2 is 2.07 bits per heavy atom. The Morgan fingerprint density at radius 3 is 2.77 bits per heavy atom. The average Bonchev–Trinajstić information content (AvgIpc) is 3.02. The second-order valence-corrected chi connectivity index (χ2v) is 9.34. The third-order valence-corrected chi connectivity index (χ3v) is 6.02. The molecule has 0 bridgehead atoms. The molecule has 1 atom stereocenters. The number of nitrogens with zero attached hydrogens (tertiary/aromatic N) is 3. The first-order valence-electron chi connectivity index (χ1n) is 10.5. The number of aromatic amines is 1. The van der Waals surface area contributed by atoms with E-state index in [9.17, 15) is 9.50 Å². The maximum atomic E-state index is 14.6. The van der Waals surface area contributed by atoms with Crippen LogP contribution in [0, 0.1) is 18.7 Å². The van der Waals surface area contributed by atoms with Gasteiger partial charge in [0.15, 0.2) is 5.65 Å². The van der Waals surface area contributed by atoms with E-state index in [2.05, 4.69) is 53.1 Å². The lowest BCUT2D eigenvalue weighted by atomic mass is 9.92. The fourth-order valence-corrected chi connectivity index (χ4v) is 4.49. The fourth-order valence-electron chi connectivity index (χ4n) is 4.49. The molecule has 3 aromatic rings. The largest absolute Gasteiger partial charge is 0.508 e. The Hall–Kier alpha value is -2.51. The highest BCUT2D eigenvalue weighted by Crippen LogP contribution is 2.31. The van der Waals surface area contributed by atoms with Gasteiger partial charge in [-0.15, -0.1) is 0 Å². The standard InChI is InChI=1S/C23H30FN5O/c1-13(2)20-10-25-23(4,5)12-29(20)11-15-8-19(17-7-6-16(30)9-18(17)24)26-22-21(15)14(3)27-28-22/h6-9,13,20,25,30H,10-12H2,1-5H3,(H,26,27,28)/t20-/m1/s1. The van der Waals surface area contributed by atoms with Crippen molar-refractivity contribution >= 4 is 11.0 Å². The van der Waals surface area contributed by atoms with E-state index in [-0.39, 0.29) is 11.3 Å². The highest BCUT2D eigenvalue weighted by atomic mass is 19.1. The second kappa shape index (κ2) is 7.63. The van der Waals surface area contributed by atoms with Crippen LogP contribution in [0.3, 0.4) is 0 Å². The molecule has 1 fully saturated rings. The lowest BCUT2D eigenvalue weighted by Crippen LogP contribution is -2.62. The summed E-state index contributed by atoms with van der Waals surface area (Å²) in [4.78, 5) is 7.14. The molecule has 7 heteroatoms. The van der Waals surface area contributed by atoms with Gasteiger partial charge in [0, 0.05) is 48.2 Å². The first-order chi connectivity index (χ1) is 14.1. The second-order valence-electron chi connectivity index (χ2n) is 9.34. The summed E-state index contributed by atoms with van der Waals surface area (Å²) < 4.78 is 14.6. The molecule has 0 aliphatic carbocycles. The van der Waals surface area contributed by atoms with Crippen molar-refractivity contribution in [2.24, 2.45) is 5.92 Å². The Labute approximate surface area is 176 Å². The SMILES string of the molecule is Cc1n[nH]c2nc(-c3ccc(O)cc3F)cc(CN3CC(C)(C)NC[C@@H]3C(C)C)c12. The molecule has 0 amide bonds. The van der Waals surface area contributed by atoms with Gasteiger partial charge in [0.2, 0.25) is 0 Å². The molecule has 0 unspecified atom stereocenters. The van der Waals surface area contributed by atoms with Gasteiger partial charge >= 0.3 is 0 Å². The number of rotatable bonds is 4. The van der Waals surface area contributed by atoms with Crippen LogP contribution in [0.1, 0.15) is 39.0 Å². The van der Waals surface area contributed by atoms with Crippen molar-refractivity contribution in [3.8, 4) is 17.0 Å². The minimum absolute atomic E-state index is 0.0227. The van der Waals surface area contributed by atoms with E-state index in [0.717, 1.165) is 42.3 Å². The van der Waals surface area contributed by atoms with Crippen LogP contribution >= 0.6 is 0 Å². The average molecular weight is 412 g/mol. The van der Waals surface area contributed by atoms with Crippen molar-refractivity contribution in [2.45, 2.75) is 52.7 Å². The summed E-state index contributed by atoms with van der Waals surface area (Å²) in [6.45, 7) is 13.5. The van der Waals surface area contributed by atoms with Gasteiger partial charge in [-0.25, -0.2) is 9.37 Å². The van der Waals surface area contributed by atoms with Crippen molar-refractivity contribution in [3.63, 3.8) is 0 Å². The Morgan fingerprint density at radius 1 is 1.30 bits per heavy atom. The molecule has 0 radical (unpaired) electrons. The zero-order valence-electron chi connectivity index (χ0n) is 18.3. The number of aryl methyl sites for hydroxylation is 1. The maximum Gasteiger partial charge on any atom is 0.156 e. The molecule has 3 heterocycles. The molecular formula is C23H30FN5O. The monoisotopic (exact) mass is 411 g/mol. The summed E-state index contributed by atoms with van der Waals surface area (Å²) in [5.41, 5.74) is 3.55. The minimum Gasteiger partial charge on any atom is -0.508 e. The summed E-state index contributed by atoms with van der Waals surface area (Å²) in [5.74, 6) is -0.0875. The lowest BCUT2D eigenvalue weighted by molar-refractivity contribution is 0.0631. The van der Waals surface area contributed by atoms with Gasteiger partial charge in [0.25, 0.3) is 0 Å². The number of phenols is 1. The predicted molar refractivity (Wildman–Crippen MR) is 117 cm³/mol. The third-order valence-electron chi connectivity index (χ3n) is 6.02. The molecule has 1 aromatic carbocycles. The Balaban J connectivity index is 1.80. The third kappa shape index (κ3) is 3.91.